The largest absolute Gasteiger partial charge is 0.507 e. The first-order valence-electron chi connectivity index (χ1n) is 11.7. The molecule has 8 heteroatoms. The molecule has 1 N–H and O–H groups in total. The minimum absolute atomic E-state index is 0.0119. The van der Waals surface area contributed by atoms with E-state index in [0.717, 1.165) is 36.8 Å². The number of carbonyl (C=O) groups excluding carboxylic acids is 2. The third kappa shape index (κ3) is 6.13. The van der Waals surface area contributed by atoms with E-state index in [2.05, 4.69) is 4.90 Å². The zero-order valence-corrected chi connectivity index (χ0v) is 19.6. The maximum atomic E-state index is 12.2. The first-order chi connectivity index (χ1) is 15.8. The maximum absolute atomic E-state index is 12.2. The average Bonchev–Trinajstić information content (AvgIpc) is 2.79. The Labute approximate surface area is 193 Å². The Bertz CT molecular complexity index is 1060. The van der Waals surface area contributed by atoms with Crippen LogP contribution in [0.2, 0.25) is 0 Å². The van der Waals surface area contributed by atoms with Gasteiger partial charge in [0.15, 0.2) is 0 Å². The van der Waals surface area contributed by atoms with E-state index >= 15 is 0 Å². The van der Waals surface area contributed by atoms with E-state index in [9.17, 15) is 19.5 Å². The Balaban J connectivity index is 1.91. The second kappa shape index (κ2) is 11.3. The number of hydrogen-bond acceptors (Lipinski definition) is 8. The lowest BCUT2D eigenvalue weighted by atomic mass is 9.95. The van der Waals surface area contributed by atoms with Crippen molar-refractivity contribution in [3.8, 4) is 5.75 Å². The molecule has 2 aromatic rings. The molecule has 33 heavy (non-hydrogen) atoms. The van der Waals surface area contributed by atoms with Crippen LogP contribution in [-0.4, -0.2) is 48.2 Å². The molecule has 0 saturated carbocycles. The standard InChI is InChI=1S/C25H33NO7/c1-4-11-32-21(27)9-8-17-13-19-16(3)12-22(28)33-24(19)20(23(17)29)15-26-10-6-7-18(14-26)25(30)31-5-2/h12-13,18,29H,4-11,14-15H2,1-3H3. The quantitative estimate of drug-likeness (QED) is 0.449. The molecule has 1 fully saturated rings. The number of rotatable bonds is 9. The topological polar surface area (TPSA) is 106 Å². The second-order valence-corrected chi connectivity index (χ2v) is 8.53. The molecule has 1 unspecified atom stereocenters. The van der Waals surface area contributed by atoms with Gasteiger partial charge < -0.3 is 19.0 Å². The van der Waals surface area contributed by atoms with Crippen molar-refractivity contribution in [2.75, 3.05) is 26.3 Å². The Morgan fingerprint density at radius 2 is 2.03 bits per heavy atom. The van der Waals surface area contributed by atoms with Crippen LogP contribution in [0.15, 0.2) is 21.3 Å². The van der Waals surface area contributed by atoms with Crippen molar-refractivity contribution in [1.82, 2.24) is 4.90 Å². The Hall–Kier alpha value is -2.87. The summed E-state index contributed by atoms with van der Waals surface area (Å²) in [5.74, 6) is -0.740. The zero-order valence-electron chi connectivity index (χ0n) is 19.6. The van der Waals surface area contributed by atoms with E-state index in [0.29, 0.717) is 49.4 Å². The fourth-order valence-corrected chi connectivity index (χ4v) is 4.30. The Morgan fingerprint density at radius 1 is 1.24 bits per heavy atom. The summed E-state index contributed by atoms with van der Waals surface area (Å²) in [6.07, 6.45) is 2.78. The lowest BCUT2D eigenvalue weighted by Crippen LogP contribution is -2.39. The van der Waals surface area contributed by atoms with Crippen LogP contribution >= 0.6 is 0 Å². The van der Waals surface area contributed by atoms with Crippen molar-refractivity contribution in [2.45, 2.75) is 59.4 Å². The molecular weight excluding hydrogens is 426 g/mol. The number of fused-ring (bicyclic) bond motifs is 1. The van der Waals surface area contributed by atoms with Crippen molar-refractivity contribution in [1.29, 1.82) is 0 Å². The van der Waals surface area contributed by atoms with E-state index < -0.39 is 5.63 Å². The first-order valence-corrected chi connectivity index (χ1v) is 11.7. The molecule has 1 saturated heterocycles. The van der Waals surface area contributed by atoms with Crippen molar-refractivity contribution < 1.29 is 28.6 Å². The predicted octanol–water partition coefficient (Wildman–Crippen LogP) is 3.47. The van der Waals surface area contributed by atoms with E-state index in [1.54, 1.807) is 13.0 Å². The average molecular weight is 460 g/mol. The fraction of sp³-hybridized carbons (Fsp3) is 0.560. The molecule has 0 spiro atoms. The van der Waals surface area contributed by atoms with Gasteiger partial charge >= 0.3 is 17.6 Å². The molecule has 0 bridgehead atoms. The van der Waals surface area contributed by atoms with Crippen LogP contribution in [0, 0.1) is 12.8 Å². The minimum atomic E-state index is -0.486. The smallest absolute Gasteiger partial charge is 0.336 e. The fourth-order valence-electron chi connectivity index (χ4n) is 4.30. The van der Waals surface area contributed by atoms with Gasteiger partial charge in [0.25, 0.3) is 0 Å². The molecule has 1 atom stereocenters. The summed E-state index contributed by atoms with van der Waals surface area (Å²) in [4.78, 5) is 38.4. The monoisotopic (exact) mass is 459 g/mol. The highest BCUT2D eigenvalue weighted by Crippen LogP contribution is 2.35. The molecule has 1 aromatic carbocycles. The highest BCUT2D eigenvalue weighted by Gasteiger charge is 2.28. The molecule has 180 valence electrons. The number of phenols is 1. The SMILES string of the molecule is CCCOC(=O)CCc1cc2c(C)cc(=O)oc2c(CN2CCCC(C(=O)OCC)C2)c1O. The minimum Gasteiger partial charge on any atom is -0.507 e. The lowest BCUT2D eigenvalue weighted by molar-refractivity contribution is -0.150. The first kappa shape index (κ1) is 24.8. The lowest BCUT2D eigenvalue weighted by Gasteiger charge is -2.31. The number of likely N-dealkylation sites (tertiary alicyclic amines) is 1. The number of esters is 2. The van der Waals surface area contributed by atoms with Gasteiger partial charge in [0.2, 0.25) is 0 Å². The number of nitrogens with zero attached hydrogens (tertiary/aromatic N) is 1. The van der Waals surface area contributed by atoms with Crippen LogP contribution in [0.5, 0.6) is 5.75 Å². The number of aryl methyl sites for hydroxylation is 2. The molecule has 2 heterocycles. The second-order valence-electron chi connectivity index (χ2n) is 8.53. The molecular formula is C25H33NO7. The summed E-state index contributed by atoms with van der Waals surface area (Å²) >= 11 is 0. The van der Waals surface area contributed by atoms with Gasteiger partial charge in [-0.3, -0.25) is 14.5 Å². The summed E-state index contributed by atoms with van der Waals surface area (Å²) in [7, 11) is 0. The van der Waals surface area contributed by atoms with Crippen LogP contribution in [0.4, 0.5) is 0 Å². The molecule has 0 aliphatic carbocycles. The summed E-state index contributed by atoms with van der Waals surface area (Å²) in [6.45, 7) is 7.82. The van der Waals surface area contributed by atoms with Gasteiger partial charge in [-0.2, -0.15) is 0 Å². The van der Waals surface area contributed by atoms with Crippen molar-refractivity contribution in [3.63, 3.8) is 0 Å². The molecule has 1 aliphatic heterocycles. The highest BCUT2D eigenvalue weighted by molar-refractivity contribution is 5.86. The number of hydrogen-bond donors (Lipinski definition) is 1. The van der Waals surface area contributed by atoms with Crippen LogP contribution < -0.4 is 5.63 Å². The number of piperidine rings is 1. The summed E-state index contributed by atoms with van der Waals surface area (Å²) in [6, 6.07) is 3.19. The maximum Gasteiger partial charge on any atom is 0.336 e. The predicted molar refractivity (Wildman–Crippen MR) is 123 cm³/mol. The number of benzene rings is 1. The van der Waals surface area contributed by atoms with Crippen molar-refractivity contribution in [2.24, 2.45) is 5.92 Å². The van der Waals surface area contributed by atoms with Crippen LogP contribution in [0.25, 0.3) is 11.0 Å². The highest BCUT2D eigenvalue weighted by atomic mass is 16.5. The molecule has 8 nitrogen and oxygen atoms in total. The molecule has 0 amide bonds. The van der Waals surface area contributed by atoms with Crippen molar-refractivity contribution >= 4 is 22.9 Å². The van der Waals surface area contributed by atoms with Gasteiger partial charge in [-0.05, 0) is 63.3 Å². The number of phenolic OH excluding ortho intramolecular Hbond substituents is 1. The number of aromatic hydroxyl groups is 1. The molecule has 1 aromatic heterocycles. The summed E-state index contributed by atoms with van der Waals surface area (Å²) < 4.78 is 15.9. The van der Waals surface area contributed by atoms with Crippen LogP contribution in [0.1, 0.15) is 56.2 Å². The normalized spacial score (nSPS) is 16.6. The van der Waals surface area contributed by atoms with Gasteiger partial charge in [-0.25, -0.2) is 4.79 Å². The van der Waals surface area contributed by atoms with E-state index in [1.165, 1.54) is 6.07 Å². The summed E-state index contributed by atoms with van der Waals surface area (Å²) in [5.41, 5.74) is 1.68. The van der Waals surface area contributed by atoms with E-state index in [1.807, 2.05) is 13.8 Å². The summed E-state index contributed by atoms with van der Waals surface area (Å²) in [5, 5.41) is 11.8. The van der Waals surface area contributed by atoms with Crippen LogP contribution in [0.3, 0.4) is 0 Å². The van der Waals surface area contributed by atoms with E-state index in [-0.39, 0.29) is 30.0 Å². The van der Waals surface area contributed by atoms with E-state index in [4.69, 9.17) is 13.9 Å². The third-order valence-electron chi connectivity index (χ3n) is 5.96. The molecule has 1 aliphatic rings. The van der Waals surface area contributed by atoms with Crippen molar-refractivity contribution in [3.05, 3.63) is 39.2 Å². The zero-order chi connectivity index (χ0) is 24.0. The van der Waals surface area contributed by atoms with Gasteiger partial charge in [0.05, 0.1) is 24.7 Å². The number of ether oxygens (including phenoxy) is 2. The van der Waals surface area contributed by atoms with Gasteiger partial charge in [-0.1, -0.05) is 6.92 Å². The molecule has 0 radical (unpaired) electrons. The third-order valence-corrected chi connectivity index (χ3v) is 5.96. The van der Waals surface area contributed by atoms with Crippen LogP contribution in [-0.2, 0) is 32.0 Å². The van der Waals surface area contributed by atoms with Gasteiger partial charge in [-0.15, -0.1) is 0 Å². The van der Waals surface area contributed by atoms with Gasteiger partial charge in [0, 0.05) is 31.0 Å². The Kier molecular flexibility index (Phi) is 8.49. The number of carbonyl (C=O) groups is 2. The van der Waals surface area contributed by atoms with Gasteiger partial charge in [0.1, 0.15) is 11.3 Å². The molecule has 3 rings (SSSR count). The Morgan fingerprint density at radius 3 is 2.76 bits per heavy atom.